The Balaban J connectivity index is 1.68. The largest absolute Gasteiger partial charge is 0.492 e. The van der Waals surface area contributed by atoms with Crippen LogP contribution in [0.1, 0.15) is 21.5 Å². The normalized spacial score (nSPS) is 10.5. The number of ether oxygens (including phenoxy) is 1. The number of aryl methyl sites for hydroxylation is 2. The van der Waals surface area contributed by atoms with E-state index < -0.39 is 5.91 Å². The molecule has 3 aromatic rings. The van der Waals surface area contributed by atoms with Crippen LogP contribution in [0.4, 0.5) is 10.5 Å². The van der Waals surface area contributed by atoms with Crippen LogP contribution in [-0.2, 0) is 0 Å². The van der Waals surface area contributed by atoms with Gasteiger partial charge in [-0.2, -0.15) is 5.10 Å². The van der Waals surface area contributed by atoms with Crippen LogP contribution in [0.15, 0.2) is 54.9 Å². The molecule has 1 aromatic heterocycles. The maximum Gasteiger partial charge on any atom is 0.321 e. The summed E-state index contributed by atoms with van der Waals surface area (Å²) in [5.41, 5.74) is 8.88. The topological polar surface area (TPSA) is 102 Å². The molecule has 8 heteroatoms. The van der Waals surface area contributed by atoms with Gasteiger partial charge in [0.1, 0.15) is 12.4 Å². The molecule has 0 unspecified atom stereocenters. The first kappa shape index (κ1) is 20.9. The van der Waals surface area contributed by atoms with Gasteiger partial charge in [0.2, 0.25) is 5.91 Å². The van der Waals surface area contributed by atoms with Crippen LogP contribution in [0.2, 0.25) is 0 Å². The van der Waals surface area contributed by atoms with Crippen LogP contribution in [0.5, 0.6) is 5.75 Å². The predicted molar refractivity (Wildman–Crippen MR) is 115 cm³/mol. The highest BCUT2D eigenvalue weighted by atomic mass is 16.5. The van der Waals surface area contributed by atoms with Gasteiger partial charge in [-0.05, 0) is 49.7 Å². The Morgan fingerprint density at radius 2 is 1.87 bits per heavy atom. The van der Waals surface area contributed by atoms with Crippen LogP contribution < -0.4 is 15.8 Å². The van der Waals surface area contributed by atoms with Crippen molar-refractivity contribution in [2.45, 2.75) is 13.8 Å². The summed E-state index contributed by atoms with van der Waals surface area (Å²) in [6, 6.07) is 12.2. The number of urea groups is 1. The van der Waals surface area contributed by atoms with Gasteiger partial charge in [-0.15, -0.1) is 0 Å². The average molecular weight is 407 g/mol. The molecule has 0 aliphatic carbocycles. The van der Waals surface area contributed by atoms with Gasteiger partial charge in [0, 0.05) is 18.8 Å². The first-order valence-electron chi connectivity index (χ1n) is 9.50. The number of nitrogens with zero attached hydrogens (tertiary/aromatic N) is 3. The van der Waals surface area contributed by atoms with E-state index in [0.29, 0.717) is 30.1 Å². The Morgan fingerprint density at radius 1 is 1.13 bits per heavy atom. The van der Waals surface area contributed by atoms with E-state index >= 15 is 0 Å². The molecule has 30 heavy (non-hydrogen) atoms. The molecule has 0 radical (unpaired) electrons. The second-order valence-electron chi connectivity index (χ2n) is 7.07. The lowest BCUT2D eigenvalue weighted by Crippen LogP contribution is -2.34. The SMILES string of the molecule is Cc1ccc(OCCN(C)C(=O)Nc2cc(C(N)=O)ccc2-n2cc(C)cn2)cc1. The molecular weight excluding hydrogens is 382 g/mol. The summed E-state index contributed by atoms with van der Waals surface area (Å²) in [5.74, 6) is 0.174. The summed E-state index contributed by atoms with van der Waals surface area (Å²) in [6.07, 6.45) is 3.54. The minimum absolute atomic E-state index is 0.295. The molecule has 156 valence electrons. The van der Waals surface area contributed by atoms with Crippen molar-refractivity contribution in [3.63, 3.8) is 0 Å². The Bertz CT molecular complexity index is 1040. The molecule has 0 atom stereocenters. The summed E-state index contributed by atoms with van der Waals surface area (Å²) >= 11 is 0. The zero-order valence-corrected chi connectivity index (χ0v) is 17.3. The Morgan fingerprint density at radius 3 is 2.50 bits per heavy atom. The maximum absolute atomic E-state index is 12.7. The molecule has 3 rings (SSSR count). The lowest BCUT2D eigenvalue weighted by Gasteiger charge is -2.20. The van der Waals surface area contributed by atoms with Gasteiger partial charge in [0.25, 0.3) is 0 Å². The number of benzene rings is 2. The molecule has 0 bridgehead atoms. The third-order valence-corrected chi connectivity index (χ3v) is 4.54. The molecule has 0 fully saturated rings. The first-order valence-corrected chi connectivity index (χ1v) is 9.50. The zero-order chi connectivity index (χ0) is 21.7. The van der Waals surface area contributed by atoms with Crippen LogP contribution in [0.25, 0.3) is 5.69 Å². The number of nitrogens with two attached hydrogens (primary N) is 1. The van der Waals surface area contributed by atoms with Crippen molar-refractivity contribution in [1.82, 2.24) is 14.7 Å². The number of rotatable bonds is 7. The van der Waals surface area contributed by atoms with E-state index in [2.05, 4.69) is 10.4 Å². The predicted octanol–water partition coefficient (Wildman–Crippen LogP) is 3.13. The Hall–Kier alpha value is -3.81. The minimum Gasteiger partial charge on any atom is -0.492 e. The molecule has 0 saturated carbocycles. The highest BCUT2D eigenvalue weighted by Crippen LogP contribution is 2.22. The summed E-state index contributed by atoms with van der Waals surface area (Å²) < 4.78 is 7.32. The minimum atomic E-state index is -0.575. The van der Waals surface area contributed by atoms with Gasteiger partial charge < -0.3 is 20.7 Å². The lowest BCUT2D eigenvalue weighted by molar-refractivity contribution is 0.1000. The van der Waals surface area contributed by atoms with E-state index in [1.54, 1.807) is 36.1 Å². The van der Waals surface area contributed by atoms with Crippen LogP contribution >= 0.6 is 0 Å². The zero-order valence-electron chi connectivity index (χ0n) is 17.3. The molecule has 1 heterocycles. The van der Waals surface area contributed by atoms with E-state index in [0.717, 1.165) is 16.9 Å². The van der Waals surface area contributed by atoms with Gasteiger partial charge in [-0.25, -0.2) is 9.48 Å². The summed E-state index contributed by atoms with van der Waals surface area (Å²) in [4.78, 5) is 25.8. The molecule has 3 amide bonds. The van der Waals surface area contributed by atoms with Gasteiger partial charge in [-0.3, -0.25) is 4.79 Å². The standard InChI is InChI=1S/C22H25N5O3/c1-15-4-7-18(8-5-15)30-11-10-26(3)22(29)25-19-12-17(21(23)28)6-9-20(19)27-14-16(2)13-24-27/h4-9,12-14H,10-11H2,1-3H3,(H2,23,28)(H,25,29). The smallest absolute Gasteiger partial charge is 0.321 e. The molecule has 0 aliphatic heterocycles. The highest BCUT2D eigenvalue weighted by Gasteiger charge is 2.15. The van der Waals surface area contributed by atoms with E-state index in [1.807, 2.05) is 44.3 Å². The van der Waals surface area contributed by atoms with Crippen molar-refractivity contribution >= 4 is 17.6 Å². The van der Waals surface area contributed by atoms with E-state index in [9.17, 15) is 9.59 Å². The number of amides is 3. The number of anilines is 1. The fourth-order valence-electron chi connectivity index (χ4n) is 2.78. The van der Waals surface area contributed by atoms with Crippen molar-refractivity contribution in [2.24, 2.45) is 5.73 Å². The van der Waals surface area contributed by atoms with Crippen molar-refractivity contribution in [3.8, 4) is 11.4 Å². The fraction of sp³-hybridized carbons (Fsp3) is 0.227. The first-order chi connectivity index (χ1) is 14.3. The monoisotopic (exact) mass is 407 g/mol. The van der Waals surface area contributed by atoms with E-state index in [4.69, 9.17) is 10.5 Å². The van der Waals surface area contributed by atoms with Crippen molar-refractivity contribution in [1.29, 1.82) is 0 Å². The van der Waals surface area contributed by atoms with Crippen molar-refractivity contribution < 1.29 is 14.3 Å². The quantitative estimate of drug-likeness (QED) is 0.628. The molecule has 0 saturated heterocycles. The molecule has 8 nitrogen and oxygen atoms in total. The number of likely N-dealkylation sites (N-methyl/N-ethyl adjacent to an activating group) is 1. The van der Waals surface area contributed by atoms with Crippen molar-refractivity contribution in [3.05, 3.63) is 71.5 Å². The molecular formula is C22H25N5O3. The highest BCUT2D eigenvalue weighted by molar-refractivity contribution is 5.97. The molecule has 3 N–H and O–H groups in total. The second-order valence-corrected chi connectivity index (χ2v) is 7.07. The fourth-order valence-corrected chi connectivity index (χ4v) is 2.78. The van der Waals surface area contributed by atoms with E-state index in [1.165, 1.54) is 4.90 Å². The van der Waals surface area contributed by atoms with Crippen LogP contribution in [-0.4, -0.2) is 46.8 Å². The van der Waals surface area contributed by atoms with Gasteiger partial charge in [-0.1, -0.05) is 17.7 Å². The number of hydrogen-bond acceptors (Lipinski definition) is 4. The van der Waals surface area contributed by atoms with Crippen LogP contribution in [0.3, 0.4) is 0 Å². The van der Waals surface area contributed by atoms with Crippen LogP contribution in [0, 0.1) is 13.8 Å². The maximum atomic E-state index is 12.7. The number of hydrogen-bond donors (Lipinski definition) is 2. The van der Waals surface area contributed by atoms with Gasteiger partial charge in [0.15, 0.2) is 0 Å². The molecule has 2 aromatic carbocycles. The lowest BCUT2D eigenvalue weighted by atomic mass is 10.1. The van der Waals surface area contributed by atoms with Gasteiger partial charge >= 0.3 is 6.03 Å². The molecule has 0 aliphatic rings. The number of primary amides is 1. The average Bonchev–Trinajstić information content (AvgIpc) is 3.15. The van der Waals surface area contributed by atoms with Gasteiger partial charge in [0.05, 0.1) is 24.1 Å². The summed E-state index contributed by atoms with van der Waals surface area (Å²) in [7, 11) is 1.67. The number of carbonyl (C=O) groups excluding carboxylic acids is 2. The Labute approximate surface area is 175 Å². The second kappa shape index (κ2) is 9.13. The Kier molecular flexibility index (Phi) is 6.36. The van der Waals surface area contributed by atoms with E-state index in [-0.39, 0.29) is 6.03 Å². The number of nitrogens with one attached hydrogen (secondary N) is 1. The molecule has 0 spiro atoms. The number of carbonyl (C=O) groups is 2. The third kappa shape index (κ3) is 5.16. The number of aromatic nitrogens is 2. The third-order valence-electron chi connectivity index (χ3n) is 4.54. The summed E-state index contributed by atoms with van der Waals surface area (Å²) in [6.45, 7) is 4.65. The summed E-state index contributed by atoms with van der Waals surface area (Å²) in [5, 5.41) is 7.11. The van der Waals surface area contributed by atoms with Crippen molar-refractivity contribution in [2.75, 3.05) is 25.5 Å².